The number of rotatable bonds is 6. The van der Waals surface area contributed by atoms with Gasteiger partial charge in [0.25, 0.3) is 5.91 Å². The molecule has 1 aromatic heterocycles. The van der Waals surface area contributed by atoms with Gasteiger partial charge in [-0.1, -0.05) is 24.3 Å². The third-order valence-corrected chi connectivity index (χ3v) is 3.77. The molecule has 3 rings (SSSR count). The van der Waals surface area contributed by atoms with Gasteiger partial charge < -0.3 is 14.6 Å². The molecule has 0 aliphatic heterocycles. The number of hydrogen-bond donors (Lipinski definition) is 1. The molecule has 1 N–H and O–H groups in total. The highest BCUT2D eigenvalue weighted by atomic mass is 16.5. The SMILES string of the molecule is CCOc1ccccc1C(=O)Nc1cccc(-c2nncn2CC)c1. The average Bonchev–Trinajstić information content (AvgIpc) is 3.11. The summed E-state index contributed by atoms with van der Waals surface area (Å²) in [5, 5.41) is 11.0. The molecule has 1 amide bonds. The van der Waals surface area contributed by atoms with Crippen molar-refractivity contribution in [3.8, 4) is 17.1 Å². The van der Waals surface area contributed by atoms with Gasteiger partial charge in [0.05, 0.1) is 12.2 Å². The van der Waals surface area contributed by atoms with Crippen LogP contribution in [0.3, 0.4) is 0 Å². The van der Waals surface area contributed by atoms with Crippen molar-refractivity contribution in [3.63, 3.8) is 0 Å². The van der Waals surface area contributed by atoms with Crippen LogP contribution in [0, 0.1) is 0 Å². The molecule has 1 heterocycles. The van der Waals surface area contributed by atoms with Crippen LogP contribution in [0.4, 0.5) is 5.69 Å². The average molecular weight is 336 g/mol. The summed E-state index contributed by atoms with van der Waals surface area (Å²) in [6, 6.07) is 14.8. The Morgan fingerprint density at radius 1 is 1.16 bits per heavy atom. The van der Waals surface area contributed by atoms with Crippen LogP contribution in [0.2, 0.25) is 0 Å². The highest BCUT2D eigenvalue weighted by Gasteiger charge is 2.13. The number of benzene rings is 2. The molecule has 2 aromatic carbocycles. The van der Waals surface area contributed by atoms with Crippen molar-refractivity contribution in [2.75, 3.05) is 11.9 Å². The quantitative estimate of drug-likeness (QED) is 0.746. The van der Waals surface area contributed by atoms with E-state index in [0.29, 0.717) is 23.6 Å². The van der Waals surface area contributed by atoms with Crippen molar-refractivity contribution in [2.24, 2.45) is 0 Å². The normalized spacial score (nSPS) is 10.5. The second kappa shape index (κ2) is 7.61. The first-order valence-electron chi connectivity index (χ1n) is 8.24. The van der Waals surface area contributed by atoms with E-state index in [-0.39, 0.29) is 5.91 Å². The van der Waals surface area contributed by atoms with E-state index < -0.39 is 0 Å². The van der Waals surface area contributed by atoms with Gasteiger partial charge in [-0.3, -0.25) is 4.79 Å². The van der Waals surface area contributed by atoms with E-state index in [1.165, 1.54) is 0 Å². The van der Waals surface area contributed by atoms with E-state index in [1.54, 1.807) is 18.5 Å². The molecule has 0 spiro atoms. The molecule has 0 saturated heterocycles. The predicted octanol–water partition coefficient (Wildman–Crippen LogP) is 3.62. The summed E-state index contributed by atoms with van der Waals surface area (Å²) >= 11 is 0. The lowest BCUT2D eigenvalue weighted by Crippen LogP contribution is -2.13. The Morgan fingerprint density at radius 2 is 2.00 bits per heavy atom. The first-order chi connectivity index (χ1) is 12.2. The van der Waals surface area contributed by atoms with Gasteiger partial charge in [0, 0.05) is 17.8 Å². The van der Waals surface area contributed by atoms with Crippen molar-refractivity contribution in [1.82, 2.24) is 14.8 Å². The molecule has 0 atom stereocenters. The van der Waals surface area contributed by atoms with E-state index >= 15 is 0 Å². The molecule has 6 heteroatoms. The Labute approximate surface area is 146 Å². The minimum atomic E-state index is -0.210. The lowest BCUT2D eigenvalue weighted by atomic mass is 10.1. The van der Waals surface area contributed by atoms with Gasteiger partial charge in [-0.15, -0.1) is 10.2 Å². The summed E-state index contributed by atoms with van der Waals surface area (Å²) in [7, 11) is 0. The fourth-order valence-electron chi connectivity index (χ4n) is 2.58. The molecule has 0 radical (unpaired) electrons. The molecular formula is C19H20N4O2. The Kier molecular flexibility index (Phi) is 5.09. The first kappa shape index (κ1) is 16.7. The summed E-state index contributed by atoms with van der Waals surface area (Å²) in [5.41, 5.74) is 2.10. The molecule has 25 heavy (non-hydrogen) atoms. The van der Waals surface area contributed by atoms with Crippen molar-refractivity contribution in [2.45, 2.75) is 20.4 Å². The number of aromatic nitrogens is 3. The van der Waals surface area contributed by atoms with E-state index in [2.05, 4.69) is 15.5 Å². The van der Waals surface area contributed by atoms with Gasteiger partial charge in [-0.05, 0) is 38.1 Å². The van der Waals surface area contributed by atoms with E-state index in [4.69, 9.17) is 4.74 Å². The van der Waals surface area contributed by atoms with Crippen LogP contribution in [-0.2, 0) is 6.54 Å². The van der Waals surface area contributed by atoms with Crippen LogP contribution in [-0.4, -0.2) is 27.3 Å². The van der Waals surface area contributed by atoms with E-state index in [0.717, 1.165) is 17.9 Å². The Balaban J connectivity index is 1.84. The number of carbonyl (C=O) groups excluding carboxylic acids is 1. The number of para-hydroxylation sites is 1. The molecule has 0 bridgehead atoms. The second-order valence-corrected chi connectivity index (χ2v) is 5.40. The molecule has 0 aliphatic carbocycles. The van der Waals surface area contributed by atoms with Gasteiger partial charge in [-0.25, -0.2) is 0 Å². The fourth-order valence-corrected chi connectivity index (χ4v) is 2.58. The van der Waals surface area contributed by atoms with E-state index in [9.17, 15) is 4.79 Å². The number of nitrogens with one attached hydrogen (secondary N) is 1. The maximum absolute atomic E-state index is 12.6. The molecule has 0 aliphatic rings. The van der Waals surface area contributed by atoms with Crippen LogP contribution in [0.15, 0.2) is 54.9 Å². The van der Waals surface area contributed by atoms with Crippen molar-refractivity contribution < 1.29 is 9.53 Å². The highest BCUT2D eigenvalue weighted by molar-refractivity contribution is 6.06. The molecule has 0 fully saturated rings. The lowest BCUT2D eigenvalue weighted by Gasteiger charge is -2.11. The smallest absolute Gasteiger partial charge is 0.259 e. The molecule has 0 saturated carbocycles. The summed E-state index contributed by atoms with van der Waals surface area (Å²) in [6.45, 7) is 5.21. The highest BCUT2D eigenvalue weighted by Crippen LogP contribution is 2.23. The maximum Gasteiger partial charge on any atom is 0.259 e. The second-order valence-electron chi connectivity index (χ2n) is 5.40. The Bertz CT molecular complexity index is 873. The molecular weight excluding hydrogens is 316 g/mol. The minimum absolute atomic E-state index is 0.210. The number of amides is 1. The number of hydrogen-bond acceptors (Lipinski definition) is 4. The van der Waals surface area contributed by atoms with Gasteiger partial charge in [-0.2, -0.15) is 0 Å². The van der Waals surface area contributed by atoms with E-state index in [1.807, 2.05) is 54.8 Å². The van der Waals surface area contributed by atoms with Crippen molar-refractivity contribution in [3.05, 3.63) is 60.4 Å². The number of nitrogens with zero attached hydrogens (tertiary/aromatic N) is 3. The monoisotopic (exact) mass is 336 g/mol. The lowest BCUT2D eigenvalue weighted by molar-refractivity contribution is 0.102. The van der Waals surface area contributed by atoms with Crippen LogP contribution >= 0.6 is 0 Å². The summed E-state index contributed by atoms with van der Waals surface area (Å²) in [5.74, 6) is 1.14. The zero-order valence-electron chi connectivity index (χ0n) is 14.3. The minimum Gasteiger partial charge on any atom is -0.493 e. The Hall–Kier alpha value is -3.15. The predicted molar refractivity (Wildman–Crippen MR) is 96.7 cm³/mol. The number of aryl methyl sites for hydroxylation is 1. The summed E-state index contributed by atoms with van der Waals surface area (Å²) < 4.78 is 7.48. The van der Waals surface area contributed by atoms with Gasteiger partial charge in [0.15, 0.2) is 5.82 Å². The molecule has 0 unspecified atom stereocenters. The first-order valence-corrected chi connectivity index (χ1v) is 8.24. The molecule has 3 aromatic rings. The number of carbonyl (C=O) groups is 1. The molecule has 6 nitrogen and oxygen atoms in total. The third kappa shape index (κ3) is 3.68. The van der Waals surface area contributed by atoms with Gasteiger partial charge >= 0.3 is 0 Å². The van der Waals surface area contributed by atoms with Crippen molar-refractivity contribution in [1.29, 1.82) is 0 Å². The van der Waals surface area contributed by atoms with Gasteiger partial charge in [0.2, 0.25) is 0 Å². The van der Waals surface area contributed by atoms with Gasteiger partial charge in [0.1, 0.15) is 12.1 Å². The maximum atomic E-state index is 12.6. The zero-order valence-corrected chi connectivity index (χ0v) is 14.3. The largest absolute Gasteiger partial charge is 0.493 e. The van der Waals surface area contributed by atoms with Crippen LogP contribution in [0.25, 0.3) is 11.4 Å². The van der Waals surface area contributed by atoms with Crippen LogP contribution < -0.4 is 10.1 Å². The summed E-state index contributed by atoms with van der Waals surface area (Å²) in [4.78, 5) is 12.6. The fraction of sp³-hybridized carbons (Fsp3) is 0.211. The molecule has 128 valence electrons. The zero-order chi connectivity index (χ0) is 17.6. The topological polar surface area (TPSA) is 69.0 Å². The number of ether oxygens (including phenoxy) is 1. The van der Waals surface area contributed by atoms with Crippen molar-refractivity contribution >= 4 is 11.6 Å². The summed E-state index contributed by atoms with van der Waals surface area (Å²) in [6.07, 6.45) is 1.69. The number of anilines is 1. The standard InChI is InChI=1S/C19H20N4O2/c1-3-23-13-20-22-18(23)14-8-7-9-15(12-14)21-19(24)16-10-5-6-11-17(16)25-4-2/h5-13H,3-4H2,1-2H3,(H,21,24). The third-order valence-electron chi connectivity index (χ3n) is 3.77. The van der Waals surface area contributed by atoms with Crippen LogP contribution in [0.1, 0.15) is 24.2 Å². The Morgan fingerprint density at radius 3 is 2.80 bits per heavy atom. The van der Waals surface area contributed by atoms with Crippen LogP contribution in [0.5, 0.6) is 5.75 Å².